The van der Waals surface area contributed by atoms with E-state index in [9.17, 15) is 4.79 Å². The average molecular weight is 344 g/mol. The lowest BCUT2D eigenvalue weighted by Gasteiger charge is -2.13. The van der Waals surface area contributed by atoms with E-state index in [1.807, 2.05) is 32.0 Å². The average Bonchev–Trinajstić information content (AvgIpc) is 3.34. The summed E-state index contributed by atoms with van der Waals surface area (Å²) in [4.78, 5) is 12.2. The molecule has 7 nitrogen and oxygen atoms in total. The predicted octanol–water partition coefficient (Wildman–Crippen LogP) is 3.50. The van der Waals surface area contributed by atoms with E-state index >= 15 is 0 Å². The lowest BCUT2D eigenvalue weighted by molar-refractivity contribution is 0.250. The van der Waals surface area contributed by atoms with Gasteiger partial charge in [0.1, 0.15) is 5.69 Å². The standard InChI is InChI=1S/C18H24N4O3/c1-10(2)19-18(23)20-17-15(11-5-6-11)21-22-16(17)12-7-8-13(24-3)14(9-12)25-4/h7-11H,5-6H2,1-4H3,(H,21,22)(H2,19,20,23). The summed E-state index contributed by atoms with van der Waals surface area (Å²) in [6, 6.07) is 5.41. The van der Waals surface area contributed by atoms with Gasteiger partial charge >= 0.3 is 6.03 Å². The predicted molar refractivity (Wildman–Crippen MR) is 96.4 cm³/mol. The number of carbonyl (C=O) groups excluding carboxylic acids is 1. The lowest BCUT2D eigenvalue weighted by atomic mass is 10.1. The first-order chi connectivity index (χ1) is 12.0. The largest absolute Gasteiger partial charge is 0.493 e. The molecule has 1 aliphatic carbocycles. The van der Waals surface area contributed by atoms with Crippen molar-refractivity contribution in [1.82, 2.24) is 15.5 Å². The van der Waals surface area contributed by atoms with Crippen molar-refractivity contribution < 1.29 is 14.3 Å². The van der Waals surface area contributed by atoms with Gasteiger partial charge in [-0.1, -0.05) is 0 Å². The summed E-state index contributed by atoms with van der Waals surface area (Å²) in [5.41, 5.74) is 3.25. The summed E-state index contributed by atoms with van der Waals surface area (Å²) < 4.78 is 10.7. The number of rotatable bonds is 6. The Kier molecular flexibility index (Phi) is 4.83. The fourth-order valence-electron chi connectivity index (χ4n) is 2.75. The molecule has 25 heavy (non-hydrogen) atoms. The van der Waals surface area contributed by atoms with Gasteiger partial charge in [0.25, 0.3) is 0 Å². The number of amides is 2. The van der Waals surface area contributed by atoms with Crippen LogP contribution in [0.15, 0.2) is 18.2 Å². The molecule has 1 fully saturated rings. The van der Waals surface area contributed by atoms with E-state index in [0.29, 0.717) is 23.1 Å². The summed E-state index contributed by atoms with van der Waals surface area (Å²) in [5.74, 6) is 1.69. The molecule has 1 saturated carbocycles. The first kappa shape index (κ1) is 17.1. The number of H-pyrrole nitrogens is 1. The highest BCUT2D eigenvalue weighted by Crippen LogP contribution is 2.45. The minimum absolute atomic E-state index is 0.0563. The number of urea groups is 1. The van der Waals surface area contributed by atoms with Gasteiger partial charge in [0.05, 0.1) is 25.6 Å². The summed E-state index contributed by atoms with van der Waals surface area (Å²) in [7, 11) is 3.19. The number of aromatic nitrogens is 2. The molecule has 2 aromatic rings. The van der Waals surface area contributed by atoms with Crippen LogP contribution in [0.25, 0.3) is 11.3 Å². The van der Waals surface area contributed by atoms with Crippen LogP contribution >= 0.6 is 0 Å². The molecule has 0 unspecified atom stereocenters. The summed E-state index contributed by atoms with van der Waals surface area (Å²) in [5, 5.41) is 13.4. The Labute approximate surface area is 147 Å². The van der Waals surface area contributed by atoms with Crippen molar-refractivity contribution in [2.24, 2.45) is 0 Å². The van der Waals surface area contributed by atoms with Crippen molar-refractivity contribution in [3.05, 3.63) is 23.9 Å². The van der Waals surface area contributed by atoms with Gasteiger partial charge in [-0.3, -0.25) is 5.10 Å². The smallest absolute Gasteiger partial charge is 0.319 e. The van der Waals surface area contributed by atoms with E-state index in [0.717, 1.165) is 29.8 Å². The monoisotopic (exact) mass is 344 g/mol. The highest BCUT2D eigenvalue weighted by Gasteiger charge is 2.31. The van der Waals surface area contributed by atoms with Crippen molar-refractivity contribution in [3.8, 4) is 22.8 Å². The Morgan fingerprint density at radius 2 is 1.96 bits per heavy atom. The zero-order valence-corrected chi connectivity index (χ0v) is 15.0. The van der Waals surface area contributed by atoms with Crippen molar-refractivity contribution in [2.45, 2.75) is 38.6 Å². The number of hydrogen-bond acceptors (Lipinski definition) is 4. The van der Waals surface area contributed by atoms with Crippen LogP contribution < -0.4 is 20.1 Å². The topological polar surface area (TPSA) is 88.3 Å². The van der Waals surface area contributed by atoms with Crippen LogP contribution in [-0.2, 0) is 0 Å². The van der Waals surface area contributed by atoms with Crippen molar-refractivity contribution >= 4 is 11.7 Å². The zero-order chi connectivity index (χ0) is 18.0. The quantitative estimate of drug-likeness (QED) is 0.748. The summed E-state index contributed by atoms with van der Waals surface area (Å²) >= 11 is 0. The number of nitrogens with zero attached hydrogens (tertiary/aromatic N) is 1. The van der Waals surface area contributed by atoms with Crippen LogP contribution in [0.1, 0.15) is 38.3 Å². The second-order valence-corrected chi connectivity index (χ2v) is 6.46. The van der Waals surface area contributed by atoms with E-state index in [1.54, 1.807) is 14.2 Å². The molecule has 1 aliphatic rings. The molecule has 1 aromatic carbocycles. The third-order valence-electron chi connectivity index (χ3n) is 4.10. The Hall–Kier alpha value is -2.70. The molecule has 7 heteroatoms. The van der Waals surface area contributed by atoms with Crippen LogP contribution in [0.5, 0.6) is 11.5 Å². The number of carbonyl (C=O) groups is 1. The molecule has 0 bridgehead atoms. The van der Waals surface area contributed by atoms with E-state index in [-0.39, 0.29) is 12.1 Å². The lowest BCUT2D eigenvalue weighted by Crippen LogP contribution is -2.34. The molecule has 1 aromatic heterocycles. The molecule has 0 spiro atoms. The number of methoxy groups -OCH3 is 2. The maximum atomic E-state index is 12.2. The molecule has 0 saturated heterocycles. The third-order valence-corrected chi connectivity index (χ3v) is 4.10. The molecule has 3 rings (SSSR count). The number of benzene rings is 1. The Morgan fingerprint density at radius 3 is 2.56 bits per heavy atom. The molecular formula is C18H24N4O3. The fourth-order valence-corrected chi connectivity index (χ4v) is 2.75. The second-order valence-electron chi connectivity index (χ2n) is 6.46. The van der Waals surface area contributed by atoms with Crippen LogP contribution in [0.3, 0.4) is 0 Å². The fraction of sp³-hybridized carbons (Fsp3) is 0.444. The summed E-state index contributed by atoms with van der Waals surface area (Å²) in [6.07, 6.45) is 2.21. The molecule has 3 N–H and O–H groups in total. The van der Waals surface area contributed by atoms with Crippen molar-refractivity contribution in [2.75, 3.05) is 19.5 Å². The number of hydrogen-bond donors (Lipinski definition) is 3. The molecule has 0 aliphatic heterocycles. The second kappa shape index (κ2) is 7.04. The van der Waals surface area contributed by atoms with Gasteiger partial charge in [0.15, 0.2) is 11.5 Å². The number of aromatic amines is 1. The van der Waals surface area contributed by atoms with Crippen LogP contribution in [-0.4, -0.2) is 36.5 Å². The van der Waals surface area contributed by atoms with Crippen LogP contribution in [0, 0.1) is 0 Å². The van der Waals surface area contributed by atoms with Gasteiger partial charge in [-0.25, -0.2) is 4.79 Å². The van der Waals surface area contributed by atoms with Crippen molar-refractivity contribution in [3.63, 3.8) is 0 Å². The molecule has 1 heterocycles. The van der Waals surface area contributed by atoms with Gasteiger partial charge in [-0.15, -0.1) is 0 Å². The van der Waals surface area contributed by atoms with Gasteiger partial charge < -0.3 is 20.1 Å². The molecule has 134 valence electrons. The number of nitrogens with one attached hydrogen (secondary N) is 3. The maximum absolute atomic E-state index is 12.2. The maximum Gasteiger partial charge on any atom is 0.319 e. The van der Waals surface area contributed by atoms with E-state index in [4.69, 9.17) is 9.47 Å². The van der Waals surface area contributed by atoms with Crippen LogP contribution in [0.4, 0.5) is 10.5 Å². The van der Waals surface area contributed by atoms with Gasteiger partial charge in [-0.05, 0) is 44.9 Å². The normalized spacial score (nSPS) is 13.6. The van der Waals surface area contributed by atoms with E-state index in [2.05, 4.69) is 20.8 Å². The Balaban J connectivity index is 1.97. The number of anilines is 1. The van der Waals surface area contributed by atoms with Gasteiger partial charge in [0.2, 0.25) is 0 Å². The first-order valence-electron chi connectivity index (χ1n) is 8.41. The summed E-state index contributed by atoms with van der Waals surface area (Å²) in [6.45, 7) is 3.85. The number of ether oxygens (including phenoxy) is 2. The minimum Gasteiger partial charge on any atom is -0.493 e. The Bertz CT molecular complexity index is 766. The van der Waals surface area contributed by atoms with E-state index in [1.165, 1.54) is 0 Å². The minimum atomic E-state index is -0.236. The van der Waals surface area contributed by atoms with E-state index < -0.39 is 0 Å². The van der Waals surface area contributed by atoms with Crippen LogP contribution in [0.2, 0.25) is 0 Å². The SMILES string of the molecule is COc1ccc(-c2n[nH]c(C3CC3)c2NC(=O)NC(C)C)cc1OC. The molecule has 0 radical (unpaired) electrons. The van der Waals surface area contributed by atoms with Gasteiger partial charge in [0, 0.05) is 17.5 Å². The third kappa shape index (κ3) is 3.70. The first-order valence-corrected chi connectivity index (χ1v) is 8.41. The highest BCUT2D eigenvalue weighted by atomic mass is 16.5. The van der Waals surface area contributed by atoms with Crippen molar-refractivity contribution in [1.29, 1.82) is 0 Å². The molecular weight excluding hydrogens is 320 g/mol. The van der Waals surface area contributed by atoms with Gasteiger partial charge in [-0.2, -0.15) is 5.10 Å². The zero-order valence-electron chi connectivity index (χ0n) is 15.0. The Morgan fingerprint density at radius 1 is 1.24 bits per heavy atom. The highest BCUT2D eigenvalue weighted by molar-refractivity contribution is 5.95. The molecule has 2 amide bonds. The molecule has 0 atom stereocenters.